The summed E-state index contributed by atoms with van der Waals surface area (Å²) in [6.07, 6.45) is 2.70. The first kappa shape index (κ1) is 12.5. The van der Waals surface area contributed by atoms with E-state index in [1.165, 1.54) is 6.47 Å². The molecule has 0 saturated heterocycles. The van der Waals surface area contributed by atoms with Crippen LogP contribution in [0.15, 0.2) is 0 Å². The Morgan fingerprint density at radius 2 is 2.23 bits per heavy atom. The van der Waals surface area contributed by atoms with Gasteiger partial charge in [0.1, 0.15) is 0 Å². The van der Waals surface area contributed by atoms with Crippen molar-refractivity contribution in [2.75, 3.05) is 13.7 Å². The maximum Gasteiger partial charge on any atom is 0.417 e. The molecule has 4 heteroatoms. The molecule has 0 heterocycles. The Kier molecular flexibility index (Phi) is 7.83. The molecule has 0 aromatic heterocycles. The predicted molar refractivity (Wildman–Crippen MR) is 54.6 cm³/mol. The van der Waals surface area contributed by atoms with Crippen molar-refractivity contribution in [1.82, 2.24) is 0 Å². The number of unbranched alkanes of at least 4 members (excludes halogenated alkanes) is 1. The molecule has 1 radical (unpaired) electrons. The summed E-state index contributed by atoms with van der Waals surface area (Å²) in [6, 6.07) is 0. The molecule has 0 rings (SSSR count). The van der Waals surface area contributed by atoms with Gasteiger partial charge in [0, 0.05) is 12.0 Å². The molecule has 0 fully saturated rings. The highest BCUT2D eigenvalue weighted by molar-refractivity contribution is 7.80. The summed E-state index contributed by atoms with van der Waals surface area (Å²) in [4.78, 5) is 10.5. The third kappa shape index (κ3) is 6.66. The molecule has 3 nitrogen and oxygen atoms in total. The molecule has 1 atom stereocenters. The minimum atomic E-state index is 0.0511. The summed E-state index contributed by atoms with van der Waals surface area (Å²) in [7, 11) is 1.65. The molecule has 0 bridgehead atoms. The van der Waals surface area contributed by atoms with Crippen LogP contribution < -0.4 is 0 Å². The zero-order valence-electron chi connectivity index (χ0n) is 8.04. The fourth-order valence-electron chi connectivity index (χ4n) is 1.03. The van der Waals surface area contributed by atoms with Gasteiger partial charge in [0.15, 0.2) is 0 Å². The third-order valence-electron chi connectivity index (χ3n) is 1.76. The zero-order chi connectivity index (χ0) is 10.1. The Hall–Kier alpha value is -0.480. The first-order chi connectivity index (χ1) is 6.22. The van der Waals surface area contributed by atoms with Gasteiger partial charge in [-0.3, -0.25) is 0 Å². The second kappa shape index (κ2) is 8.13. The van der Waals surface area contributed by atoms with Crippen molar-refractivity contribution in [1.29, 1.82) is 0 Å². The minimum absolute atomic E-state index is 0.0511. The minimum Gasteiger partial charge on any atom is -0.457 e. The van der Waals surface area contributed by atoms with Crippen molar-refractivity contribution in [3.05, 3.63) is 0 Å². The number of hydrogen-bond donors (Lipinski definition) is 0. The van der Waals surface area contributed by atoms with E-state index in [-0.39, 0.29) is 6.10 Å². The van der Waals surface area contributed by atoms with Crippen LogP contribution in [-0.2, 0) is 14.3 Å². The largest absolute Gasteiger partial charge is 0.457 e. The molecule has 0 aromatic rings. The number of methoxy groups -OCH3 is 1. The lowest BCUT2D eigenvalue weighted by Crippen LogP contribution is -2.18. The van der Waals surface area contributed by atoms with Gasteiger partial charge in [-0.2, -0.15) is 0 Å². The highest BCUT2D eigenvalue weighted by Crippen LogP contribution is 2.06. The van der Waals surface area contributed by atoms with E-state index in [1.54, 1.807) is 7.11 Å². The molecule has 0 aliphatic rings. The van der Waals surface area contributed by atoms with Crippen molar-refractivity contribution in [2.24, 2.45) is 0 Å². The van der Waals surface area contributed by atoms with Gasteiger partial charge >= 0.3 is 6.47 Å². The van der Waals surface area contributed by atoms with Crippen molar-refractivity contribution in [2.45, 2.75) is 32.3 Å². The lowest BCUT2D eigenvalue weighted by atomic mass is 10.1. The van der Waals surface area contributed by atoms with E-state index in [0.717, 1.165) is 24.1 Å². The van der Waals surface area contributed by atoms with Gasteiger partial charge in [0.2, 0.25) is 0 Å². The maximum atomic E-state index is 9.67. The van der Waals surface area contributed by atoms with Crippen LogP contribution in [0.4, 0.5) is 0 Å². The average Bonchev–Trinajstić information content (AvgIpc) is 2.10. The fraction of sp³-hybridized carbons (Fsp3) is 0.778. The van der Waals surface area contributed by atoms with E-state index in [2.05, 4.69) is 4.74 Å². The number of ether oxygens (including phenoxy) is 2. The molecule has 1 unspecified atom stereocenters. The van der Waals surface area contributed by atoms with Gasteiger partial charge in [-0.05, 0) is 26.2 Å². The Balaban J connectivity index is 3.38. The van der Waals surface area contributed by atoms with Crippen LogP contribution in [-0.4, -0.2) is 31.2 Å². The van der Waals surface area contributed by atoms with Crippen LogP contribution in [0.2, 0.25) is 0 Å². The van der Waals surface area contributed by atoms with E-state index in [1.807, 2.05) is 6.92 Å². The lowest BCUT2D eigenvalue weighted by Gasteiger charge is -2.12. The van der Waals surface area contributed by atoms with E-state index in [0.29, 0.717) is 6.61 Å². The normalized spacial score (nSPS) is 12.2. The molecule has 0 aliphatic heterocycles. The molecule has 0 aliphatic carbocycles. The smallest absolute Gasteiger partial charge is 0.417 e. The Labute approximate surface area is 84.4 Å². The molecular weight excluding hydrogens is 188 g/mol. The summed E-state index contributed by atoms with van der Waals surface area (Å²) in [5.41, 5.74) is 0. The van der Waals surface area contributed by atoms with Gasteiger partial charge < -0.3 is 9.47 Å². The summed E-state index contributed by atoms with van der Waals surface area (Å²) in [5, 5.41) is 0. The van der Waals surface area contributed by atoms with Crippen LogP contribution in [0.5, 0.6) is 0 Å². The predicted octanol–water partition coefficient (Wildman–Crippen LogP) is 1.65. The monoisotopic (exact) mass is 203 g/mol. The van der Waals surface area contributed by atoms with Gasteiger partial charge in [0.25, 0.3) is 0 Å². The second-order valence-electron chi connectivity index (χ2n) is 2.76. The molecule has 75 valence electrons. The van der Waals surface area contributed by atoms with Crippen molar-refractivity contribution in [3.63, 3.8) is 0 Å². The van der Waals surface area contributed by atoms with E-state index in [4.69, 9.17) is 17.0 Å². The zero-order valence-corrected chi connectivity index (χ0v) is 8.86. The van der Waals surface area contributed by atoms with Crippen LogP contribution in [0.1, 0.15) is 26.2 Å². The average molecular weight is 203 g/mol. The highest BCUT2D eigenvalue weighted by Gasteiger charge is 2.08. The van der Waals surface area contributed by atoms with Crippen LogP contribution >= 0.6 is 12.2 Å². The van der Waals surface area contributed by atoms with Crippen molar-refractivity contribution >= 4 is 23.6 Å². The number of carbonyl (C=O) groups excluding carboxylic acids is 1. The summed E-state index contributed by atoms with van der Waals surface area (Å²) in [5.74, 6) is 0. The summed E-state index contributed by atoms with van der Waals surface area (Å²) in [6.45, 7) is 3.69. The first-order valence-corrected chi connectivity index (χ1v) is 4.65. The molecule has 0 aromatic carbocycles. The van der Waals surface area contributed by atoms with Crippen molar-refractivity contribution in [3.8, 4) is 0 Å². The fourth-order valence-corrected chi connectivity index (χ4v) is 1.25. The molecule has 0 saturated carbocycles. The quantitative estimate of drug-likeness (QED) is 0.444. The van der Waals surface area contributed by atoms with Gasteiger partial charge in [0.05, 0.1) is 12.7 Å². The SMILES string of the molecule is COC(CCCCO[C]=O)C(C)=S. The molecular formula is C9H15O3S. The second-order valence-corrected chi connectivity index (χ2v) is 3.41. The third-order valence-corrected chi connectivity index (χ3v) is 2.02. The molecule has 0 spiro atoms. The molecule has 0 N–H and O–H groups in total. The maximum absolute atomic E-state index is 9.67. The van der Waals surface area contributed by atoms with E-state index >= 15 is 0 Å². The van der Waals surface area contributed by atoms with Crippen LogP contribution in [0.25, 0.3) is 0 Å². The number of thiocarbonyl (C=S) groups is 1. The summed E-state index contributed by atoms with van der Waals surface area (Å²) < 4.78 is 9.59. The van der Waals surface area contributed by atoms with Crippen LogP contribution in [0.3, 0.4) is 0 Å². The Bertz CT molecular complexity index is 159. The Morgan fingerprint density at radius 3 is 2.69 bits per heavy atom. The van der Waals surface area contributed by atoms with E-state index < -0.39 is 0 Å². The first-order valence-electron chi connectivity index (χ1n) is 4.24. The van der Waals surface area contributed by atoms with E-state index in [9.17, 15) is 4.79 Å². The lowest BCUT2D eigenvalue weighted by molar-refractivity contribution is 0.145. The highest BCUT2D eigenvalue weighted by atomic mass is 32.1. The number of hydrogen-bond acceptors (Lipinski definition) is 4. The standard InChI is InChI=1S/C9H15O3S/c1-8(13)9(11-2)5-3-4-6-12-7-10/h9H,3-6H2,1-2H3. The molecule has 13 heavy (non-hydrogen) atoms. The molecule has 0 amide bonds. The number of rotatable bonds is 8. The van der Waals surface area contributed by atoms with Crippen LogP contribution in [0, 0.1) is 0 Å². The van der Waals surface area contributed by atoms with Gasteiger partial charge in [-0.15, -0.1) is 0 Å². The summed E-state index contributed by atoms with van der Waals surface area (Å²) >= 11 is 5.00. The Morgan fingerprint density at radius 1 is 1.54 bits per heavy atom. The van der Waals surface area contributed by atoms with Gasteiger partial charge in [-0.1, -0.05) is 12.2 Å². The van der Waals surface area contributed by atoms with Crippen molar-refractivity contribution < 1.29 is 14.3 Å². The topological polar surface area (TPSA) is 35.5 Å². The van der Waals surface area contributed by atoms with Gasteiger partial charge in [-0.25, -0.2) is 4.79 Å².